The van der Waals surface area contributed by atoms with Crippen molar-refractivity contribution in [1.29, 1.82) is 0 Å². The summed E-state index contributed by atoms with van der Waals surface area (Å²) in [6, 6.07) is 6.87. The maximum atomic E-state index is 12.1. The van der Waals surface area contributed by atoms with Crippen LogP contribution in [-0.4, -0.2) is 18.4 Å². The molecule has 0 bridgehead atoms. The molecule has 0 saturated carbocycles. The molecular formula is C12H13N3O2S3. The fourth-order valence-electron chi connectivity index (χ4n) is 1.60. The zero-order chi connectivity index (χ0) is 14.8. The lowest BCUT2D eigenvalue weighted by Crippen LogP contribution is -2.16. The van der Waals surface area contributed by atoms with Crippen molar-refractivity contribution in [1.82, 2.24) is 4.98 Å². The summed E-state index contributed by atoms with van der Waals surface area (Å²) in [4.78, 5) is 5.16. The van der Waals surface area contributed by atoms with E-state index in [1.807, 2.05) is 6.92 Å². The number of thiocarbonyl (C=S) groups is 1. The highest BCUT2D eigenvalue weighted by molar-refractivity contribution is 7.92. The number of nitrogens with zero attached hydrogens (tertiary/aromatic N) is 1. The van der Waals surface area contributed by atoms with Crippen LogP contribution in [0, 0.1) is 6.92 Å². The van der Waals surface area contributed by atoms with Gasteiger partial charge in [-0.1, -0.05) is 30.4 Å². The van der Waals surface area contributed by atoms with Crippen LogP contribution in [0.5, 0.6) is 0 Å². The van der Waals surface area contributed by atoms with E-state index in [-0.39, 0.29) is 10.7 Å². The molecule has 0 aliphatic rings. The molecule has 0 radical (unpaired) electrons. The Hall–Kier alpha value is -1.51. The summed E-state index contributed by atoms with van der Waals surface area (Å²) in [6.45, 7) is 1.86. The molecule has 1 aromatic carbocycles. The third-order valence-electron chi connectivity index (χ3n) is 2.43. The molecule has 1 heterocycles. The number of anilines is 1. The molecule has 0 spiro atoms. The van der Waals surface area contributed by atoms with Gasteiger partial charge in [0.15, 0.2) is 5.13 Å². The van der Waals surface area contributed by atoms with E-state index < -0.39 is 10.0 Å². The number of thiazole rings is 1. The van der Waals surface area contributed by atoms with Crippen LogP contribution < -0.4 is 10.5 Å². The van der Waals surface area contributed by atoms with Gasteiger partial charge >= 0.3 is 0 Å². The smallest absolute Gasteiger partial charge is 0.238 e. The first kappa shape index (κ1) is 14.9. The van der Waals surface area contributed by atoms with Crippen molar-refractivity contribution in [2.45, 2.75) is 12.7 Å². The molecule has 0 amide bonds. The molecule has 0 fully saturated rings. The molecule has 1 aromatic heterocycles. The first-order valence-electron chi connectivity index (χ1n) is 5.67. The molecule has 3 N–H and O–H groups in total. The number of hydrogen-bond donors (Lipinski definition) is 2. The van der Waals surface area contributed by atoms with Crippen molar-refractivity contribution < 1.29 is 8.42 Å². The second-order valence-electron chi connectivity index (χ2n) is 4.20. The molecule has 2 aromatic rings. The zero-order valence-electron chi connectivity index (χ0n) is 10.7. The Labute approximate surface area is 126 Å². The van der Waals surface area contributed by atoms with Gasteiger partial charge in [0.2, 0.25) is 10.0 Å². The normalized spacial score (nSPS) is 11.2. The summed E-state index contributed by atoms with van der Waals surface area (Å²) in [5.74, 6) is -0.151. The lowest BCUT2D eigenvalue weighted by atomic mass is 10.1. The highest BCUT2D eigenvalue weighted by atomic mass is 32.2. The van der Waals surface area contributed by atoms with Gasteiger partial charge in [-0.25, -0.2) is 13.4 Å². The lowest BCUT2D eigenvalue weighted by Gasteiger charge is -2.06. The predicted molar refractivity (Wildman–Crippen MR) is 85.4 cm³/mol. The van der Waals surface area contributed by atoms with Crippen LogP contribution >= 0.6 is 23.6 Å². The summed E-state index contributed by atoms with van der Waals surface area (Å²) in [6.07, 6.45) is 1.62. The number of aryl methyl sites for hydroxylation is 1. The Balaban J connectivity index is 2.15. The quantitative estimate of drug-likeness (QED) is 0.821. The number of nitrogens with two attached hydrogens (primary N) is 1. The van der Waals surface area contributed by atoms with E-state index in [1.165, 1.54) is 11.3 Å². The fourth-order valence-corrected chi connectivity index (χ4v) is 3.80. The molecule has 106 valence electrons. The second-order valence-corrected chi connectivity index (χ2v) is 7.60. The summed E-state index contributed by atoms with van der Waals surface area (Å²) in [5.41, 5.74) is 6.80. The van der Waals surface area contributed by atoms with Crippen molar-refractivity contribution in [3.05, 3.63) is 46.5 Å². The monoisotopic (exact) mass is 327 g/mol. The molecule has 5 nitrogen and oxygen atoms in total. The summed E-state index contributed by atoms with van der Waals surface area (Å²) in [7, 11) is -3.50. The van der Waals surface area contributed by atoms with Crippen molar-refractivity contribution in [2.75, 3.05) is 4.72 Å². The second kappa shape index (κ2) is 5.86. The highest BCUT2D eigenvalue weighted by Crippen LogP contribution is 2.19. The van der Waals surface area contributed by atoms with E-state index in [1.54, 1.807) is 30.5 Å². The van der Waals surface area contributed by atoms with Crippen molar-refractivity contribution in [2.24, 2.45) is 5.73 Å². The van der Waals surface area contributed by atoms with E-state index in [4.69, 9.17) is 18.0 Å². The first-order valence-corrected chi connectivity index (χ1v) is 8.55. The van der Waals surface area contributed by atoms with Crippen LogP contribution in [0.1, 0.15) is 16.0 Å². The van der Waals surface area contributed by atoms with E-state index in [0.717, 1.165) is 4.88 Å². The van der Waals surface area contributed by atoms with Gasteiger partial charge in [0.25, 0.3) is 0 Å². The maximum Gasteiger partial charge on any atom is 0.238 e. The van der Waals surface area contributed by atoms with Gasteiger partial charge < -0.3 is 5.73 Å². The molecule has 8 heteroatoms. The largest absolute Gasteiger partial charge is 0.389 e. The third kappa shape index (κ3) is 3.99. The van der Waals surface area contributed by atoms with Gasteiger partial charge in [-0.3, -0.25) is 4.72 Å². The topological polar surface area (TPSA) is 85.1 Å². The minimum absolute atomic E-state index is 0.151. The fraction of sp³-hybridized carbons (Fsp3) is 0.167. The van der Waals surface area contributed by atoms with Crippen LogP contribution in [0.15, 0.2) is 30.5 Å². The molecule has 0 atom stereocenters. The van der Waals surface area contributed by atoms with Gasteiger partial charge in [0, 0.05) is 16.6 Å². The summed E-state index contributed by atoms with van der Waals surface area (Å²) in [5, 5.41) is 0.369. The van der Waals surface area contributed by atoms with Gasteiger partial charge in [-0.05, 0) is 18.6 Å². The van der Waals surface area contributed by atoms with Crippen molar-refractivity contribution in [3.63, 3.8) is 0 Å². The van der Waals surface area contributed by atoms with E-state index in [2.05, 4.69) is 9.71 Å². The molecule has 0 aliphatic carbocycles. The molecule has 0 aliphatic heterocycles. The molecule has 0 saturated heterocycles. The number of sulfonamides is 1. The Morgan fingerprint density at radius 1 is 1.50 bits per heavy atom. The van der Waals surface area contributed by atoms with Gasteiger partial charge in [0.1, 0.15) is 4.99 Å². The van der Waals surface area contributed by atoms with E-state index in [9.17, 15) is 8.42 Å². The lowest BCUT2D eigenvalue weighted by molar-refractivity contribution is 0.600. The van der Waals surface area contributed by atoms with Gasteiger partial charge in [-0.15, -0.1) is 11.3 Å². The number of nitrogens with one attached hydrogen (secondary N) is 1. The Morgan fingerprint density at radius 2 is 2.25 bits per heavy atom. The van der Waals surface area contributed by atoms with Crippen LogP contribution in [0.25, 0.3) is 0 Å². The third-order valence-corrected chi connectivity index (χ3v) is 4.84. The van der Waals surface area contributed by atoms with Crippen molar-refractivity contribution in [3.8, 4) is 0 Å². The zero-order valence-corrected chi connectivity index (χ0v) is 13.1. The maximum absolute atomic E-state index is 12.1. The summed E-state index contributed by atoms with van der Waals surface area (Å²) < 4.78 is 26.6. The van der Waals surface area contributed by atoms with Crippen molar-refractivity contribution >= 4 is 43.7 Å². The SMILES string of the molecule is Cc1cnc(NS(=O)(=O)Cc2cccc(C(N)=S)c2)s1. The van der Waals surface area contributed by atoms with Crippen LogP contribution in [0.4, 0.5) is 5.13 Å². The molecular weight excluding hydrogens is 314 g/mol. The Morgan fingerprint density at radius 3 is 2.85 bits per heavy atom. The van der Waals surface area contributed by atoms with Crippen LogP contribution in [-0.2, 0) is 15.8 Å². The first-order chi connectivity index (χ1) is 9.35. The number of benzene rings is 1. The molecule has 20 heavy (non-hydrogen) atoms. The minimum Gasteiger partial charge on any atom is -0.389 e. The number of hydrogen-bond acceptors (Lipinski definition) is 5. The number of aromatic nitrogens is 1. The minimum atomic E-state index is -3.50. The Kier molecular flexibility index (Phi) is 4.36. The highest BCUT2D eigenvalue weighted by Gasteiger charge is 2.14. The average Bonchev–Trinajstić information content (AvgIpc) is 2.73. The predicted octanol–water partition coefficient (Wildman–Crippen LogP) is 2.03. The molecule has 0 unspecified atom stereocenters. The van der Waals surface area contributed by atoms with Crippen LogP contribution in [0.2, 0.25) is 0 Å². The van der Waals surface area contributed by atoms with Gasteiger partial charge in [-0.2, -0.15) is 0 Å². The molecule has 2 rings (SSSR count). The Bertz CT molecular complexity index is 738. The standard InChI is InChI=1S/C12H13N3O2S3/c1-8-6-14-12(19-8)15-20(16,17)7-9-3-2-4-10(5-9)11(13)18/h2-6H,7H2,1H3,(H2,13,18)(H,14,15). The number of rotatable bonds is 5. The van der Waals surface area contributed by atoms with Gasteiger partial charge in [0.05, 0.1) is 5.75 Å². The average molecular weight is 327 g/mol. The van der Waals surface area contributed by atoms with Crippen LogP contribution in [0.3, 0.4) is 0 Å². The van der Waals surface area contributed by atoms with E-state index in [0.29, 0.717) is 16.3 Å². The van der Waals surface area contributed by atoms with E-state index >= 15 is 0 Å². The summed E-state index contributed by atoms with van der Waals surface area (Å²) >= 11 is 6.17.